The Morgan fingerprint density at radius 1 is 0.897 bits per heavy atom. The summed E-state index contributed by atoms with van der Waals surface area (Å²) in [6.45, 7) is 9.61. The zero-order valence-corrected chi connectivity index (χ0v) is 24.7. The van der Waals surface area contributed by atoms with E-state index in [0.29, 0.717) is 13.1 Å². The largest absolute Gasteiger partial charge is 0.508 e. The van der Waals surface area contributed by atoms with Gasteiger partial charge in [0.2, 0.25) is 5.91 Å². The average Bonchev–Trinajstić information content (AvgIpc) is 2.91. The van der Waals surface area contributed by atoms with Crippen molar-refractivity contribution in [3.63, 3.8) is 0 Å². The van der Waals surface area contributed by atoms with Gasteiger partial charge in [-0.15, -0.1) is 0 Å². The highest BCUT2D eigenvalue weighted by atomic mass is 16.3. The number of ketones is 1. The maximum Gasteiger partial charge on any atom is 0.332 e. The molecule has 2 rings (SSSR count). The van der Waals surface area contributed by atoms with Crippen molar-refractivity contribution in [2.45, 2.75) is 66.3 Å². The fraction of sp³-hybridized carbons (Fsp3) is 0.516. The van der Waals surface area contributed by atoms with Gasteiger partial charge in [0, 0.05) is 39.6 Å². The summed E-state index contributed by atoms with van der Waals surface area (Å²) in [4.78, 5) is 37.2. The number of amides is 3. The van der Waals surface area contributed by atoms with Crippen LogP contribution in [0.25, 0.3) is 0 Å². The summed E-state index contributed by atoms with van der Waals surface area (Å²) in [6.07, 6.45) is 5.46. The molecule has 2 N–H and O–H groups in total. The summed E-state index contributed by atoms with van der Waals surface area (Å²) in [6, 6.07) is 16.6. The van der Waals surface area contributed by atoms with Gasteiger partial charge in [0.1, 0.15) is 11.5 Å². The molecule has 1 unspecified atom stereocenters. The number of carbonyl (C=O) groups is 3. The van der Waals surface area contributed by atoms with Crippen LogP contribution in [-0.4, -0.2) is 71.5 Å². The van der Waals surface area contributed by atoms with E-state index < -0.39 is 0 Å². The first-order chi connectivity index (χ1) is 18.6. The number of carbonyl (C=O) groups excluding carboxylic acids is 3. The van der Waals surface area contributed by atoms with Crippen LogP contribution in [0.2, 0.25) is 0 Å². The predicted octanol–water partition coefficient (Wildman–Crippen LogP) is 5.26. The highest BCUT2D eigenvalue weighted by Crippen LogP contribution is 2.15. The number of nitrogens with zero attached hydrogens (tertiary/aromatic N) is 3. The molecule has 0 saturated heterocycles. The number of rotatable bonds is 14. The quantitative estimate of drug-likeness (QED) is 0.252. The molecule has 0 aliphatic rings. The lowest BCUT2D eigenvalue weighted by molar-refractivity contribution is -0.133. The lowest BCUT2D eigenvalue weighted by Crippen LogP contribution is -2.50. The lowest BCUT2D eigenvalue weighted by atomic mass is 9.99. The number of hydrazine groups is 1. The summed E-state index contributed by atoms with van der Waals surface area (Å²) < 4.78 is 0. The Balaban J connectivity index is 0.000000391. The number of urea groups is 1. The minimum absolute atomic E-state index is 0.0179. The summed E-state index contributed by atoms with van der Waals surface area (Å²) in [7, 11) is 3.62. The van der Waals surface area contributed by atoms with Crippen molar-refractivity contribution in [2.24, 2.45) is 5.92 Å². The molecule has 8 nitrogen and oxygen atoms in total. The molecular weight excluding hydrogens is 492 g/mol. The first kappa shape index (κ1) is 33.6. The van der Waals surface area contributed by atoms with E-state index in [2.05, 4.69) is 12.2 Å². The van der Waals surface area contributed by atoms with Crippen molar-refractivity contribution >= 4 is 17.7 Å². The van der Waals surface area contributed by atoms with Gasteiger partial charge in [-0.1, -0.05) is 75.6 Å². The molecule has 0 spiro atoms. The standard InChI is InChI=1S/C17H27NO2.C14H21N3O2/c1-4-5-6-7-12-18(3)17(20)14(2)13-15-8-10-16(19)11-9-15;1-4-17(16(3)11-12(2)18)14(19)15-10-13-8-6-5-7-9-13/h8-11,14,19H,4-7,12-13H2,1-3H3;5-9H,4,10-11H2,1-3H3,(H,15,19). The van der Waals surface area contributed by atoms with Gasteiger partial charge in [0.25, 0.3) is 0 Å². The molecule has 0 fully saturated rings. The molecule has 216 valence electrons. The van der Waals surface area contributed by atoms with Crippen LogP contribution in [-0.2, 0) is 22.6 Å². The van der Waals surface area contributed by atoms with Gasteiger partial charge in [-0.05, 0) is 49.9 Å². The normalized spacial score (nSPS) is 11.3. The number of Topliss-reactive ketones (excluding diaryl/α,β-unsaturated/α-hetero) is 1. The first-order valence-electron chi connectivity index (χ1n) is 13.9. The third-order valence-electron chi connectivity index (χ3n) is 6.31. The summed E-state index contributed by atoms with van der Waals surface area (Å²) in [5, 5.41) is 15.2. The van der Waals surface area contributed by atoms with Gasteiger partial charge in [-0.2, -0.15) is 0 Å². The summed E-state index contributed by atoms with van der Waals surface area (Å²) in [5.41, 5.74) is 2.13. The molecule has 0 radical (unpaired) electrons. The van der Waals surface area contributed by atoms with Crippen LogP contribution in [0.4, 0.5) is 4.79 Å². The Morgan fingerprint density at radius 2 is 1.54 bits per heavy atom. The van der Waals surface area contributed by atoms with E-state index >= 15 is 0 Å². The molecule has 0 aliphatic carbocycles. The topological polar surface area (TPSA) is 93.2 Å². The minimum Gasteiger partial charge on any atom is -0.508 e. The molecule has 2 aromatic rings. The Kier molecular flexibility index (Phi) is 16.2. The van der Waals surface area contributed by atoms with Crippen LogP contribution in [0.3, 0.4) is 0 Å². The Labute approximate surface area is 235 Å². The van der Waals surface area contributed by atoms with Crippen molar-refractivity contribution in [1.82, 2.24) is 20.2 Å². The molecule has 0 saturated carbocycles. The first-order valence-corrected chi connectivity index (χ1v) is 13.9. The maximum atomic E-state index is 12.3. The van der Waals surface area contributed by atoms with Crippen molar-refractivity contribution in [2.75, 3.05) is 33.7 Å². The molecule has 0 aromatic heterocycles. The molecule has 8 heteroatoms. The molecule has 1 atom stereocenters. The SMILES string of the molecule is CCCCCCN(C)C(=O)C(C)Cc1ccc(O)cc1.CCN(C(=O)NCc1ccccc1)N(C)CC(C)=O. The number of phenolic OH excluding ortho intramolecular Hbond substituents is 1. The third-order valence-corrected chi connectivity index (χ3v) is 6.31. The molecular formula is C31H48N4O4. The van der Waals surface area contributed by atoms with Crippen LogP contribution in [0.5, 0.6) is 5.75 Å². The summed E-state index contributed by atoms with van der Waals surface area (Å²) >= 11 is 0. The monoisotopic (exact) mass is 540 g/mol. The molecule has 39 heavy (non-hydrogen) atoms. The third kappa shape index (κ3) is 13.8. The molecule has 3 amide bonds. The number of benzene rings is 2. The Bertz CT molecular complexity index is 982. The lowest BCUT2D eigenvalue weighted by Gasteiger charge is -2.30. The number of hydrogen-bond donors (Lipinski definition) is 2. The van der Waals surface area contributed by atoms with Crippen LogP contribution in [0.15, 0.2) is 54.6 Å². The summed E-state index contributed by atoms with van der Waals surface area (Å²) in [5.74, 6) is 0.475. The van der Waals surface area contributed by atoms with Gasteiger partial charge in [-0.25, -0.2) is 9.80 Å². The number of hydrogen-bond acceptors (Lipinski definition) is 5. The zero-order valence-electron chi connectivity index (χ0n) is 24.7. The fourth-order valence-electron chi connectivity index (χ4n) is 4.15. The van der Waals surface area contributed by atoms with E-state index in [1.165, 1.54) is 31.2 Å². The van der Waals surface area contributed by atoms with Crippen molar-refractivity contribution < 1.29 is 19.5 Å². The maximum absolute atomic E-state index is 12.3. The number of phenols is 1. The van der Waals surface area contributed by atoms with Gasteiger partial charge >= 0.3 is 6.03 Å². The van der Waals surface area contributed by atoms with Crippen molar-refractivity contribution in [3.8, 4) is 5.75 Å². The van der Waals surface area contributed by atoms with E-state index in [-0.39, 0.29) is 35.9 Å². The number of unbranched alkanes of at least 4 members (excludes halogenated alkanes) is 3. The van der Waals surface area contributed by atoms with E-state index in [1.807, 2.05) is 68.3 Å². The van der Waals surface area contributed by atoms with E-state index in [0.717, 1.165) is 30.5 Å². The minimum atomic E-state index is -0.199. The van der Waals surface area contributed by atoms with Crippen LogP contribution in [0, 0.1) is 5.92 Å². The second-order valence-electron chi connectivity index (χ2n) is 9.97. The smallest absolute Gasteiger partial charge is 0.332 e. The Morgan fingerprint density at radius 3 is 2.10 bits per heavy atom. The van der Waals surface area contributed by atoms with Crippen LogP contribution >= 0.6 is 0 Å². The highest BCUT2D eigenvalue weighted by Gasteiger charge is 2.18. The van der Waals surface area contributed by atoms with Gasteiger partial charge in [0.05, 0.1) is 6.54 Å². The molecule has 0 bridgehead atoms. The fourth-order valence-corrected chi connectivity index (χ4v) is 4.15. The van der Waals surface area contributed by atoms with Crippen molar-refractivity contribution in [1.29, 1.82) is 0 Å². The Hall–Kier alpha value is -3.39. The second kappa shape index (κ2) is 18.8. The van der Waals surface area contributed by atoms with Gasteiger partial charge in [-0.3, -0.25) is 14.6 Å². The van der Waals surface area contributed by atoms with Gasteiger partial charge < -0.3 is 15.3 Å². The van der Waals surface area contributed by atoms with E-state index in [4.69, 9.17) is 0 Å². The number of nitrogens with one attached hydrogen (secondary N) is 1. The zero-order chi connectivity index (χ0) is 29.2. The molecule has 2 aromatic carbocycles. The number of likely N-dealkylation sites (N-methyl/N-ethyl adjacent to an activating group) is 1. The molecule has 0 heterocycles. The highest BCUT2D eigenvalue weighted by molar-refractivity contribution is 5.79. The van der Waals surface area contributed by atoms with Crippen LogP contribution < -0.4 is 5.32 Å². The number of aromatic hydroxyl groups is 1. The predicted molar refractivity (Wildman–Crippen MR) is 157 cm³/mol. The van der Waals surface area contributed by atoms with Gasteiger partial charge in [0.15, 0.2) is 0 Å². The average molecular weight is 541 g/mol. The van der Waals surface area contributed by atoms with E-state index in [9.17, 15) is 19.5 Å². The molecule has 0 aliphatic heterocycles. The van der Waals surface area contributed by atoms with Crippen molar-refractivity contribution in [3.05, 3.63) is 65.7 Å². The van der Waals surface area contributed by atoms with E-state index in [1.54, 1.807) is 24.2 Å². The van der Waals surface area contributed by atoms with Crippen LogP contribution in [0.1, 0.15) is 64.5 Å². The second-order valence-corrected chi connectivity index (χ2v) is 9.97.